The van der Waals surface area contributed by atoms with Gasteiger partial charge in [0.15, 0.2) is 20.3 Å². The van der Waals surface area contributed by atoms with Gasteiger partial charge >= 0.3 is 103 Å². The van der Waals surface area contributed by atoms with E-state index in [9.17, 15) is 24.0 Å². The monoisotopic (exact) mass is 364 g/mol. The van der Waals surface area contributed by atoms with E-state index in [1.165, 1.54) is 0 Å². The molecule has 1 rings (SSSR count). The van der Waals surface area contributed by atoms with Gasteiger partial charge in [0, 0.05) is 0 Å². The first-order chi connectivity index (χ1) is 7.58. The zero-order valence-corrected chi connectivity index (χ0v) is 19.2. The third-order valence-electron chi connectivity index (χ3n) is 3.19. The topological polar surface area (TPSA) is 141 Å². The second kappa shape index (κ2) is 9.74. The smallest absolute Gasteiger partial charge is 0.776 e. The van der Waals surface area contributed by atoms with E-state index in [1.54, 1.807) is 0 Å². The van der Waals surface area contributed by atoms with Gasteiger partial charge in [0.2, 0.25) is 0 Å². The van der Waals surface area contributed by atoms with Gasteiger partial charge in [0.25, 0.3) is 0 Å². The van der Waals surface area contributed by atoms with Crippen molar-refractivity contribution in [1.29, 1.82) is 0 Å². The van der Waals surface area contributed by atoms with Crippen molar-refractivity contribution in [2.45, 2.75) is 43.6 Å². The van der Waals surface area contributed by atoms with Crippen LogP contribution in [0, 0.1) is 5.92 Å². The van der Waals surface area contributed by atoms with E-state index in [1.807, 2.05) is 0 Å². The van der Waals surface area contributed by atoms with E-state index in [4.69, 9.17) is 9.79 Å². The van der Waals surface area contributed by atoms with E-state index < -0.39 is 26.7 Å². The van der Waals surface area contributed by atoms with Crippen molar-refractivity contribution < 1.29 is 137 Å². The van der Waals surface area contributed by atoms with Crippen molar-refractivity contribution in [3.8, 4) is 0 Å². The molecule has 2 atom stereocenters. The summed E-state index contributed by atoms with van der Waals surface area (Å²) in [5, 5.41) is 6.13. The van der Waals surface area contributed by atoms with Gasteiger partial charge in [-0.2, -0.15) is 0 Å². The maximum atomic E-state index is 11.0. The number of rotatable bonds is 4. The molecule has 0 aliphatic heterocycles. The molecule has 0 spiro atoms. The van der Waals surface area contributed by atoms with E-state index in [0.717, 1.165) is 19.3 Å². The molecule has 102 valence electrons. The fourth-order valence-corrected chi connectivity index (χ4v) is 4.42. The molecular weight excluding hydrogens is 348 g/mol. The van der Waals surface area contributed by atoms with Crippen LogP contribution in [0.25, 0.3) is 0 Å². The third kappa shape index (κ3) is 6.89. The predicted octanol–water partition coefficient (Wildman–Crippen LogP) is -6.30. The average Bonchev–Trinajstić information content (AvgIpc) is 2.15. The Balaban J connectivity index is 0. The van der Waals surface area contributed by atoms with Crippen molar-refractivity contribution in [2.24, 2.45) is 5.92 Å². The molecule has 2 unspecified atom stereocenters. The van der Waals surface area contributed by atoms with Crippen molar-refractivity contribution in [3.63, 3.8) is 0 Å². The van der Waals surface area contributed by atoms with Crippen molar-refractivity contribution >= 4 is 15.2 Å². The molecule has 0 bridgehead atoms. The first-order valence-corrected chi connectivity index (χ1v) is 8.53. The molecule has 0 saturated heterocycles. The Morgan fingerprint density at radius 1 is 1.00 bits per heavy atom. The Kier molecular flexibility index (Phi) is 12.7. The van der Waals surface area contributed by atoms with Crippen molar-refractivity contribution in [3.05, 3.63) is 0 Å². The van der Waals surface area contributed by atoms with Gasteiger partial charge in [-0.05, 0) is 12.3 Å². The third-order valence-corrected chi connectivity index (χ3v) is 6.88. The van der Waals surface area contributed by atoms with Crippen LogP contribution < -0.4 is 113 Å². The molecule has 0 aromatic carbocycles. The van der Waals surface area contributed by atoms with E-state index in [2.05, 4.69) is 0 Å². The molecule has 1 aliphatic rings. The Labute approximate surface area is 197 Å². The average molecular weight is 364 g/mol. The Morgan fingerprint density at radius 2 is 1.37 bits per heavy atom. The summed E-state index contributed by atoms with van der Waals surface area (Å²) in [6, 6.07) is 0. The van der Waals surface area contributed by atoms with E-state index >= 15 is 0 Å². The molecule has 1 aliphatic carbocycles. The summed E-state index contributed by atoms with van der Waals surface area (Å²) in [6.45, 7) is 0. The fraction of sp³-hybridized carbons (Fsp3) is 1.00. The van der Waals surface area contributed by atoms with E-state index in [-0.39, 0.29) is 109 Å². The maximum Gasteiger partial charge on any atom is 1.00 e. The fourth-order valence-electron chi connectivity index (χ4n) is 2.17. The van der Waals surface area contributed by atoms with Crippen LogP contribution in [0.15, 0.2) is 0 Å². The van der Waals surface area contributed by atoms with Gasteiger partial charge in [-0.15, -0.1) is 0 Å². The second-order valence-electron chi connectivity index (χ2n) is 4.52. The quantitative estimate of drug-likeness (QED) is 0.333. The molecule has 0 aromatic rings. The summed E-state index contributed by atoms with van der Waals surface area (Å²) in [6.07, 6.45) is 3.05. The summed E-state index contributed by atoms with van der Waals surface area (Å²) in [7, 11) is -11.2. The SMILES string of the molecule is O=P([O-])(O)C(O)(CC1CCCCC1)P(=O)([O-])O.[K+].[K+]. The Hall–Kier alpha value is 3.53. The summed E-state index contributed by atoms with van der Waals surface area (Å²) in [5.41, 5.74) is 0. The van der Waals surface area contributed by atoms with Crippen molar-refractivity contribution in [2.75, 3.05) is 0 Å². The number of hydrogen-bond donors (Lipinski definition) is 3. The second-order valence-corrected chi connectivity index (χ2v) is 8.44. The minimum absolute atomic E-state index is 0. The van der Waals surface area contributed by atoms with Crippen LogP contribution in [0.3, 0.4) is 0 Å². The normalized spacial score (nSPS) is 25.9. The van der Waals surface area contributed by atoms with Gasteiger partial charge in [-0.25, -0.2) is 0 Å². The Bertz CT molecular complexity index is 338. The standard InChI is InChI=1S/C8H18O7P2.2K/c9-8(16(10,11)12,17(13,14)15)6-7-4-2-1-3-5-7;;/h7,9H,1-6H2,(H2,10,11,12)(H2,13,14,15);;/q;2*+1/p-2. The first-order valence-electron chi connectivity index (χ1n) is 5.38. The van der Waals surface area contributed by atoms with Gasteiger partial charge in [0.1, 0.15) is 0 Å². The molecule has 0 amide bonds. The number of hydrogen-bond acceptors (Lipinski definition) is 5. The molecule has 1 saturated carbocycles. The minimum Gasteiger partial charge on any atom is -0.776 e. The van der Waals surface area contributed by atoms with Gasteiger partial charge < -0.3 is 33.8 Å². The number of aliphatic hydroxyl groups is 1. The molecule has 7 nitrogen and oxygen atoms in total. The molecule has 3 N–H and O–H groups in total. The Morgan fingerprint density at radius 3 is 1.68 bits per heavy atom. The van der Waals surface area contributed by atoms with Gasteiger partial charge in [-0.3, -0.25) is 0 Å². The predicted molar refractivity (Wildman–Crippen MR) is 55.8 cm³/mol. The van der Waals surface area contributed by atoms with Crippen LogP contribution in [0.1, 0.15) is 38.5 Å². The minimum atomic E-state index is -5.60. The van der Waals surface area contributed by atoms with Crippen LogP contribution >= 0.6 is 15.2 Å². The molecule has 0 radical (unpaired) electrons. The van der Waals surface area contributed by atoms with Gasteiger partial charge in [-0.1, -0.05) is 32.1 Å². The van der Waals surface area contributed by atoms with E-state index in [0.29, 0.717) is 12.8 Å². The molecule has 1 fully saturated rings. The van der Waals surface area contributed by atoms with Crippen LogP contribution in [0.4, 0.5) is 0 Å². The van der Waals surface area contributed by atoms with Crippen molar-refractivity contribution in [1.82, 2.24) is 0 Å². The maximum absolute atomic E-state index is 11.0. The molecule has 0 heterocycles. The zero-order valence-electron chi connectivity index (χ0n) is 11.2. The van der Waals surface area contributed by atoms with Crippen LogP contribution in [0.5, 0.6) is 0 Å². The molecule has 11 heteroatoms. The van der Waals surface area contributed by atoms with Crippen LogP contribution in [-0.4, -0.2) is 20.0 Å². The summed E-state index contributed by atoms with van der Waals surface area (Å²) < 4.78 is 21.9. The summed E-state index contributed by atoms with van der Waals surface area (Å²) in [4.78, 5) is 39.6. The molecule has 0 aromatic heterocycles. The van der Waals surface area contributed by atoms with Crippen LogP contribution in [0.2, 0.25) is 0 Å². The summed E-state index contributed by atoms with van der Waals surface area (Å²) >= 11 is 0. The largest absolute Gasteiger partial charge is 1.00 e. The summed E-state index contributed by atoms with van der Waals surface area (Å²) in [5.74, 6) is -0.336. The van der Waals surface area contributed by atoms with Crippen LogP contribution in [-0.2, 0) is 9.13 Å². The molecular formula is C8H16K2O7P2. The zero-order chi connectivity index (χ0) is 13.3. The first kappa shape index (κ1) is 24.8. The molecule has 19 heavy (non-hydrogen) atoms. The van der Waals surface area contributed by atoms with Gasteiger partial charge in [0.05, 0.1) is 0 Å².